The van der Waals surface area contributed by atoms with Gasteiger partial charge >= 0.3 is 0 Å². The van der Waals surface area contributed by atoms with Gasteiger partial charge in [0.25, 0.3) is 11.5 Å². The van der Waals surface area contributed by atoms with E-state index in [9.17, 15) is 9.59 Å². The van der Waals surface area contributed by atoms with Crippen LogP contribution in [0.5, 0.6) is 0 Å². The molecule has 2 aromatic rings. The Morgan fingerprint density at radius 3 is 3.05 bits per heavy atom. The van der Waals surface area contributed by atoms with Gasteiger partial charge in [-0.1, -0.05) is 12.5 Å². The number of hydrogen-bond acceptors (Lipinski definition) is 4. The minimum absolute atomic E-state index is 0.00146. The first-order valence-electron chi connectivity index (χ1n) is 7.55. The molecule has 116 valence electrons. The van der Waals surface area contributed by atoms with Gasteiger partial charge in [-0.05, 0) is 25.3 Å². The highest BCUT2D eigenvalue weighted by Gasteiger charge is 2.21. The third-order valence-corrected chi connectivity index (χ3v) is 5.21. The summed E-state index contributed by atoms with van der Waals surface area (Å²) in [6.07, 6.45) is 5.67. The number of nitrogens with one attached hydrogen (secondary N) is 1. The highest BCUT2D eigenvalue weighted by Crippen LogP contribution is 2.28. The number of amides is 1. The van der Waals surface area contributed by atoms with E-state index < -0.39 is 0 Å². The summed E-state index contributed by atoms with van der Waals surface area (Å²) in [6.45, 7) is 6.56. The fourth-order valence-corrected chi connectivity index (χ4v) is 3.98. The maximum atomic E-state index is 12.8. The predicted molar refractivity (Wildman–Crippen MR) is 88.7 cm³/mol. The van der Waals surface area contributed by atoms with Gasteiger partial charge in [0, 0.05) is 19.5 Å². The van der Waals surface area contributed by atoms with Crippen LogP contribution in [0.25, 0.3) is 10.2 Å². The summed E-state index contributed by atoms with van der Waals surface area (Å²) in [5, 5.41) is 3.36. The summed E-state index contributed by atoms with van der Waals surface area (Å²) in [5.41, 5.74) is 0.733. The van der Waals surface area contributed by atoms with E-state index in [1.807, 2.05) is 6.92 Å². The quantitative estimate of drug-likeness (QED) is 0.884. The van der Waals surface area contributed by atoms with Crippen molar-refractivity contribution in [1.29, 1.82) is 0 Å². The molecular formula is C16H19N3O2S. The molecule has 0 saturated heterocycles. The van der Waals surface area contributed by atoms with Gasteiger partial charge in [-0.2, -0.15) is 0 Å². The van der Waals surface area contributed by atoms with Crippen LogP contribution in [0, 0.1) is 6.92 Å². The number of hydrogen-bond donors (Lipinski definition) is 1. The van der Waals surface area contributed by atoms with E-state index in [1.165, 1.54) is 11.3 Å². The van der Waals surface area contributed by atoms with Crippen LogP contribution in [0.2, 0.25) is 0 Å². The fourth-order valence-electron chi connectivity index (χ4n) is 2.87. The maximum absolute atomic E-state index is 12.8. The molecule has 6 heteroatoms. The van der Waals surface area contributed by atoms with E-state index in [-0.39, 0.29) is 11.5 Å². The van der Waals surface area contributed by atoms with Crippen molar-refractivity contribution < 1.29 is 4.79 Å². The lowest BCUT2D eigenvalue weighted by molar-refractivity contribution is 0.0961. The molecule has 1 aliphatic rings. The van der Waals surface area contributed by atoms with Crippen molar-refractivity contribution in [3.63, 3.8) is 0 Å². The largest absolute Gasteiger partial charge is 0.348 e. The summed E-state index contributed by atoms with van der Waals surface area (Å²) in [7, 11) is 0. The average molecular weight is 317 g/mol. The van der Waals surface area contributed by atoms with Gasteiger partial charge in [0.15, 0.2) is 0 Å². The number of rotatable bonds is 3. The number of aromatic nitrogens is 2. The first-order chi connectivity index (χ1) is 10.6. The molecule has 0 atom stereocenters. The lowest BCUT2D eigenvalue weighted by Crippen LogP contribution is -2.25. The summed E-state index contributed by atoms with van der Waals surface area (Å²) in [4.78, 5) is 30.9. The van der Waals surface area contributed by atoms with E-state index in [1.54, 1.807) is 10.6 Å². The van der Waals surface area contributed by atoms with Crippen molar-refractivity contribution in [2.75, 3.05) is 6.54 Å². The van der Waals surface area contributed by atoms with Gasteiger partial charge < -0.3 is 5.32 Å². The molecule has 0 spiro atoms. The maximum Gasteiger partial charge on any atom is 0.262 e. The smallest absolute Gasteiger partial charge is 0.262 e. The van der Waals surface area contributed by atoms with Crippen LogP contribution in [-0.2, 0) is 13.0 Å². The van der Waals surface area contributed by atoms with Crippen LogP contribution in [0.4, 0.5) is 0 Å². The molecule has 1 amide bonds. The second kappa shape index (κ2) is 6.04. The second-order valence-electron chi connectivity index (χ2n) is 5.53. The molecule has 22 heavy (non-hydrogen) atoms. The Bertz CT molecular complexity index is 804. The van der Waals surface area contributed by atoms with E-state index in [0.29, 0.717) is 21.6 Å². The van der Waals surface area contributed by atoms with Crippen LogP contribution < -0.4 is 10.9 Å². The van der Waals surface area contributed by atoms with Crippen LogP contribution in [-0.4, -0.2) is 22.0 Å². The Morgan fingerprint density at radius 2 is 2.27 bits per heavy atom. The number of nitrogens with zero attached hydrogens (tertiary/aromatic N) is 2. The third kappa shape index (κ3) is 2.47. The molecule has 1 aliphatic heterocycles. The van der Waals surface area contributed by atoms with Gasteiger partial charge in [-0.15, -0.1) is 17.9 Å². The number of fused-ring (bicyclic) bond motifs is 2. The van der Waals surface area contributed by atoms with Crippen molar-refractivity contribution in [3.05, 3.63) is 39.3 Å². The van der Waals surface area contributed by atoms with Crippen LogP contribution >= 0.6 is 11.3 Å². The Hall–Kier alpha value is -1.95. The predicted octanol–water partition coefficient (Wildman–Crippen LogP) is 2.41. The Morgan fingerprint density at radius 1 is 1.45 bits per heavy atom. The van der Waals surface area contributed by atoms with E-state index >= 15 is 0 Å². The Kier molecular flexibility index (Phi) is 4.11. The minimum Gasteiger partial charge on any atom is -0.348 e. The molecule has 1 N–H and O–H groups in total. The van der Waals surface area contributed by atoms with Gasteiger partial charge in [0.1, 0.15) is 10.7 Å². The molecule has 3 heterocycles. The van der Waals surface area contributed by atoms with E-state index in [4.69, 9.17) is 0 Å². The summed E-state index contributed by atoms with van der Waals surface area (Å²) in [6, 6.07) is 0. The van der Waals surface area contributed by atoms with Gasteiger partial charge in [0.05, 0.1) is 10.3 Å². The van der Waals surface area contributed by atoms with Crippen molar-refractivity contribution in [2.45, 2.75) is 39.2 Å². The van der Waals surface area contributed by atoms with Gasteiger partial charge in [-0.3, -0.25) is 14.2 Å². The molecule has 0 saturated carbocycles. The molecule has 0 fully saturated rings. The minimum atomic E-state index is -0.167. The number of carbonyl (C=O) groups excluding carboxylic acids is 1. The zero-order valence-electron chi connectivity index (χ0n) is 12.6. The molecule has 0 unspecified atom stereocenters. The lowest BCUT2D eigenvalue weighted by atomic mass is 10.2. The molecule has 0 bridgehead atoms. The van der Waals surface area contributed by atoms with Crippen LogP contribution in [0.1, 0.15) is 40.3 Å². The highest BCUT2D eigenvalue weighted by atomic mass is 32.1. The molecule has 2 aromatic heterocycles. The number of carbonyl (C=O) groups is 1. The van der Waals surface area contributed by atoms with E-state index in [2.05, 4.69) is 16.9 Å². The molecule has 3 rings (SSSR count). The van der Waals surface area contributed by atoms with Crippen molar-refractivity contribution in [2.24, 2.45) is 0 Å². The number of thiophene rings is 1. The van der Waals surface area contributed by atoms with Crippen molar-refractivity contribution in [1.82, 2.24) is 14.9 Å². The normalized spacial score (nSPS) is 14.4. The zero-order chi connectivity index (χ0) is 15.7. The fraction of sp³-hybridized carbons (Fsp3) is 0.438. The first kappa shape index (κ1) is 15.0. The lowest BCUT2D eigenvalue weighted by Gasteiger charge is -2.08. The molecular weight excluding hydrogens is 298 g/mol. The molecule has 0 aromatic carbocycles. The Balaban J connectivity index is 2.14. The number of aryl methyl sites for hydroxylation is 2. The SMILES string of the molecule is C=CCNC(=O)c1sc2nc3n(c(=O)c2c1C)CCCCC3. The molecule has 0 aliphatic carbocycles. The van der Waals surface area contributed by atoms with Crippen LogP contribution in [0.3, 0.4) is 0 Å². The van der Waals surface area contributed by atoms with Gasteiger partial charge in [-0.25, -0.2) is 4.98 Å². The standard InChI is InChI=1S/C16H19N3O2S/c1-3-8-17-14(20)13-10(2)12-15(22-13)18-11-7-5-4-6-9-19(11)16(12)21/h3H,1,4-9H2,2H3,(H,17,20). The monoisotopic (exact) mass is 317 g/mol. The topological polar surface area (TPSA) is 64.0 Å². The van der Waals surface area contributed by atoms with Crippen LogP contribution in [0.15, 0.2) is 17.4 Å². The summed E-state index contributed by atoms with van der Waals surface area (Å²) < 4.78 is 1.79. The van der Waals surface area contributed by atoms with Gasteiger partial charge in [0.2, 0.25) is 0 Å². The average Bonchev–Trinajstić information content (AvgIpc) is 2.69. The zero-order valence-corrected chi connectivity index (χ0v) is 13.5. The Labute approximate surface area is 132 Å². The second-order valence-corrected chi connectivity index (χ2v) is 6.53. The summed E-state index contributed by atoms with van der Waals surface area (Å²) >= 11 is 1.31. The first-order valence-corrected chi connectivity index (χ1v) is 8.37. The molecule has 0 radical (unpaired) electrons. The third-order valence-electron chi connectivity index (χ3n) is 4.02. The highest BCUT2D eigenvalue weighted by molar-refractivity contribution is 7.20. The van der Waals surface area contributed by atoms with Crippen molar-refractivity contribution >= 4 is 27.5 Å². The molecule has 5 nitrogen and oxygen atoms in total. The summed E-state index contributed by atoms with van der Waals surface area (Å²) in [5.74, 6) is 0.689. The van der Waals surface area contributed by atoms with E-state index in [0.717, 1.165) is 43.6 Å². The van der Waals surface area contributed by atoms with Crippen molar-refractivity contribution in [3.8, 4) is 0 Å².